The van der Waals surface area contributed by atoms with Crippen LogP contribution in [0.1, 0.15) is 13.3 Å². The minimum Gasteiger partial charge on any atom is -0.351 e. The summed E-state index contributed by atoms with van der Waals surface area (Å²) < 4.78 is 15.6. The van der Waals surface area contributed by atoms with Gasteiger partial charge in [-0.05, 0) is 25.1 Å². The standard InChI is InChI=1S/C17H19FN4O2/c1-12(10-21-8-4-7-19-21)20-17(24)13-9-16(23)22(11-13)15-6-3-2-5-14(15)18/h2-8,12-13H,9-11H2,1H3,(H,20,24). The summed E-state index contributed by atoms with van der Waals surface area (Å²) in [6.07, 6.45) is 3.59. The lowest BCUT2D eigenvalue weighted by Gasteiger charge is -2.19. The van der Waals surface area contributed by atoms with Crippen LogP contribution in [0.4, 0.5) is 10.1 Å². The van der Waals surface area contributed by atoms with E-state index >= 15 is 0 Å². The molecule has 3 rings (SSSR count). The summed E-state index contributed by atoms with van der Waals surface area (Å²) >= 11 is 0. The van der Waals surface area contributed by atoms with Gasteiger partial charge in [0.2, 0.25) is 11.8 Å². The van der Waals surface area contributed by atoms with E-state index in [9.17, 15) is 14.0 Å². The summed E-state index contributed by atoms with van der Waals surface area (Å²) in [5.41, 5.74) is 0.224. The topological polar surface area (TPSA) is 67.2 Å². The Hall–Kier alpha value is -2.70. The summed E-state index contributed by atoms with van der Waals surface area (Å²) in [6, 6.07) is 7.80. The van der Waals surface area contributed by atoms with Gasteiger partial charge in [-0.3, -0.25) is 14.3 Å². The van der Waals surface area contributed by atoms with Gasteiger partial charge in [-0.1, -0.05) is 12.1 Å². The van der Waals surface area contributed by atoms with Crippen LogP contribution in [0.25, 0.3) is 0 Å². The molecule has 1 saturated heterocycles. The summed E-state index contributed by atoms with van der Waals surface area (Å²) in [5, 5.41) is 6.99. The van der Waals surface area contributed by atoms with E-state index in [2.05, 4.69) is 10.4 Å². The molecule has 1 N–H and O–H groups in total. The van der Waals surface area contributed by atoms with Gasteiger partial charge in [-0.25, -0.2) is 4.39 Å². The fourth-order valence-corrected chi connectivity index (χ4v) is 2.88. The van der Waals surface area contributed by atoms with Crippen LogP contribution in [0.2, 0.25) is 0 Å². The zero-order valence-electron chi connectivity index (χ0n) is 13.4. The largest absolute Gasteiger partial charge is 0.351 e. The average molecular weight is 330 g/mol. The van der Waals surface area contributed by atoms with Gasteiger partial charge in [0.15, 0.2) is 0 Å². The van der Waals surface area contributed by atoms with Gasteiger partial charge in [0.25, 0.3) is 0 Å². The molecule has 2 unspecified atom stereocenters. The third-order valence-corrected chi connectivity index (χ3v) is 4.05. The zero-order valence-corrected chi connectivity index (χ0v) is 13.4. The highest BCUT2D eigenvalue weighted by molar-refractivity contribution is 6.00. The molecule has 1 fully saturated rings. The molecule has 1 aliphatic heterocycles. The van der Waals surface area contributed by atoms with Crippen molar-refractivity contribution in [2.24, 2.45) is 5.92 Å². The van der Waals surface area contributed by atoms with Gasteiger partial charge in [0.05, 0.1) is 18.2 Å². The third-order valence-electron chi connectivity index (χ3n) is 4.05. The number of carbonyl (C=O) groups excluding carboxylic acids is 2. The third kappa shape index (κ3) is 3.45. The Kier molecular flexibility index (Phi) is 4.59. The van der Waals surface area contributed by atoms with Crippen molar-refractivity contribution < 1.29 is 14.0 Å². The Bertz CT molecular complexity index is 732. The number of aromatic nitrogens is 2. The van der Waals surface area contributed by atoms with Crippen molar-refractivity contribution in [2.75, 3.05) is 11.4 Å². The van der Waals surface area contributed by atoms with Crippen molar-refractivity contribution in [3.8, 4) is 0 Å². The lowest BCUT2D eigenvalue weighted by atomic mass is 10.1. The maximum Gasteiger partial charge on any atom is 0.227 e. The lowest BCUT2D eigenvalue weighted by molar-refractivity contribution is -0.126. The highest BCUT2D eigenvalue weighted by Gasteiger charge is 2.36. The molecule has 6 nitrogen and oxygen atoms in total. The van der Waals surface area contributed by atoms with E-state index in [1.54, 1.807) is 29.1 Å². The first kappa shape index (κ1) is 16.2. The molecule has 0 aliphatic carbocycles. The Labute approximate surface area is 139 Å². The Morgan fingerprint density at radius 3 is 2.92 bits per heavy atom. The molecule has 126 valence electrons. The molecule has 2 aromatic rings. The summed E-state index contributed by atoms with van der Waals surface area (Å²) in [7, 11) is 0. The number of hydrogen-bond acceptors (Lipinski definition) is 3. The van der Waals surface area contributed by atoms with Crippen LogP contribution < -0.4 is 10.2 Å². The molecule has 0 spiro atoms. The number of amides is 2. The minimum absolute atomic E-state index is 0.0919. The number of para-hydroxylation sites is 1. The molecule has 2 heterocycles. The molecule has 1 aromatic heterocycles. The van der Waals surface area contributed by atoms with Crippen LogP contribution in [0.3, 0.4) is 0 Å². The maximum absolute atomic E-state index is 13.9. The molecule has 1 aliphatic rings. The quantitative estimate of drug-likeness (QED) is 0.905. The first-order chi connectivity index (χ1) is 11.5. The Balaban J connectivity index is 1.61. The van der Waals surface area contributed by atoms with Crippen LogP contribution in [-0.2, 0) is 16.1 Å². The molecular formula is C17H19FN4O2. The van der Waals surface area contributed by atoms with Crippen LogP contribution in [0.15, 0.2) is 42.7 Å². The van der Waals surface area contributed by atoms with Crippen LogP contribution in [0, 0.1) is 11.7 Å². The second-order valence-electron chi connectivity index (χ2n) is 5.99. The first-order valence-electron chi connectivity index (χ1n) is 7.87. The highest BCUT2D eigenvalue weighted by Crippen LogP contribution is 2.27. The van der Waals surface area contributed by atoms with E-state index in [0.29, 0.717) is 6.54 Å². The molecule has 24 heavy (non-hydrogen) atoms. The predicted molar refractivity (Wildman–Crippen MR) is 86.7 cm³/mol. The first-order valence-corrected chi connectivity index (χ1v) is 7.87. The van der Waals surface area contributed by atoms with Gasteiger partial charge in [0.1, 0.15) is 5.82 Å². The smallest absolute Gasteiger partial charge is 0.227 e. The number of anilines is 1. The second-order valence-corrected chi connectivity index (χ2v) is 5.99. The van der Waals surface area contributed by atoms with Gasteiger partial charge in [0, 0.05) is 31.4 Å². The van der Waals surface area contributed by atoms with E-state index in [1.807, 2.05) is 19.2 Å². The Morgan fingerprint density at radius 2 is 2.21 bits per heavy atom. The number of nitrogens with zero attached hydrogens (tertiary/aromatic N) is 3. The number of rotatable bonds is 5. The van der Waals surface area contributed by atoms with Gasteiger partial charge in [-0.2, -0.15) is 5.10 Å². The summed E-state index contributed by atoms with van der Waals surface area (Å²) in [4.78, 5) is 25.9. The number of benzene rings is 1. The van der Waals surface area contributed by atoms with Crippen molar-refractivity contribution >= 4 is 17.5 Å². The lowest BCUT2D eigenvalue weighted by Crippen LogP contribution is -2.40. The fraction of sp³-hybridized carbons (Fsp3) is 0.353. The Morgan fingerprint density at radius 1 is 1.42 bits per heavy atom. The minimum atomic E-state index is -0.475. The van der Waals surface area contributed by atoms with E-state index < -0.39 is 11.7 Å². The van der Waals surface area contributed by atoms with E-state index in [0.717, 1.165) is 0 Å². The molecule has 0 radical (unpaired) electrons. The van der Waals surface area contributed by atoms with Crippen molar-refractivity contribution in [3.05, 3.63) is 48.5 Å². The van der Waals surface area contributed by atoms with E-state index in [4.69, 9.17) is 0 Å². The van der Waals surface area contributed by atoms with Crippen molar-refractivity contribution in [1.82, 2.24) is 15.1 Å². The molecule has 0 saturated carbocycles. The maximum atomic E-state index is 13.9. The number of hydrogen-bond donors (Lipinski definition) is 1. The highest BCUT2D eigenvalue weighted by atomic mass is 19.1. The van der Waals surface area contributed by atoms with Crippen molar-refractivity contribution in [2.45, 2.75) is 25.9 Å². The van der Waals surface area contributed by atoms with Crippen molar-refractivity contribution in [3.63, 3.8) is 0 Å². The fourth-order valence-electron chi connectivity index (χ4n) is 2.88. The zero-order chi connectivity index (χ0) is 17.1. The number of nitrogens with one attached hydrogen (secondary N) is 1. The van der Waals surface area contributed by atoms with Crippen LogP contribution >= 0.6 is 0 Å². The molecule has 1 aromatic carbocycles. The molecule has 7 heteroatoms. The molecule has 2 atom stereocenters. The average Bonchev–Trinajstić information content (AvgIpc) is 3.17. The van der Waals surface area contributed by atoms with Crippen LogP contribution in [-0.4, -0.2) is 34.2 Å². The van der Waals surface area contributed by atoms with E-state index in [1.165, 1.54) is 11.0 Å². The molecular weight excluding hydrogens is 311 g/mol. The van der Waals surface area contributed by atoms with Gasteiger partial charge < -0.3 is 10.2 Å². The number of halogens is 1. The SMILES string of the molecule is CC(Cn1cccn1)NC(=O)C1CC(=O)N(c2ccccc2F)C1. The number of carbonyl (C=O) groups is 2. The molecule has 0 bridgehead atoms. The normalized spacial score (nSPS) is 18.7. The van der Waals surface area contributed by atoms with Gasteiger partial charge in [-0.15, -0.1) is 0 Å². The summed E-state index contributed by atoms with van der Waals surface area (Å²) in [5.74, 6) is -1.36. The van der Waals surface area contributed by atoms with Crippen LogP contribution in [0.5, 0.6) is 0 Å². The van der Waals surface area contributed by atoms with Crippen molar-refractivity contribution in [1.29, 1.82) is 0 Å². The molecule has 2 amide bonds. The predicted octanol–water partition coefficient (Wildman–Crippen LogP) is 1.58. The summed E-state index contributed by atoms with van der Waals surface area (Å²) in [6.45, 7) is 2.63. The monoisotopic (exact) mass is 330 g/mol. The van der Waals surface area contributed by atoms with Gasteiger partial charge >= 0.3 is 0 Å². The second kappa shape index (κ2) is 6.82. The van der Waals surface area contributed by atoms with E-state index in [-0.39, 0.29) is 36.5 Å².